The first kappa shape index (κ1) is 58.4. The molecular weight excluding hydrogens is 745 g/mol. The minimum Gasteiger partial charge on any atom is -0.462 e. The molecule has 0 aromatic carbocycles. The van der Waals surface area contributed by atoms with Gasteiger partial charge in [-0.3, -0.25) is 14.4 Å². The van der Waals surface area contributed by atoms with Crippen LogP contribution in [-0.2, 0) is 28.6 Å². The summed E-state index contributed by atoms with van der Waals surface area (Å²) in [6.07, 6.45) is 45.2. The van der Waals surface area contributed by atoms with Gasteiger partial charge in [0.2, 0.25) is 0 Å². The van der Waals surface area contributed by atoms with Gasteiger partial charge in [0.05, 0.1) is 0 Å². The lowest BCUT2D eigenvalue weighted by Crippen LogP contribution is -2.30. The second kappa shape index (κ2) is 45.4. The molecule has 0 fully saturated rings. The van der Waals surface area contributed by atoms with Gasteiger partial charge in [0.25, 0.3) is 0 Å². The van der Waals surface area contributed by atoms with Gasteiger partial charge in [-0.05, 0) is 37.0 Å². The van der Waals surface area contributed by atoms with Gasteiger partial charge in [-0.25, -0.2) is 0 Å². The quantitative estimate of drug-likeness (QED) is 0.0345. The summed E-state index contributed by atoms with van der Waals surface area (Å²) in [7, 11) is 0. The maximum absolute atomic E-state index is 12.8. The van der Waals surface area contributed by atoms with E-state index in [1.165, 1.54) is 173 Å². The van der Waals surface area contributed by atoms with Gasteiger partial charge in [-0.15, -0.1) is 0 Å². The van der Waals surface area contributed by atoms with E-state index in [2.05, 4.69) is 41.5 Å². The molecule has 0 aliphatic carbocycles. The Balaban J connectivity index is 4.28. The molecule has 0 rings (SSSR count). The van der Waals surface area contributed by atoms with Crippen molar-refractivity contribution in [1.29, 1.82) is 0 Å². The van der Waals surface area contributed by atoms with Gasteiger partial charge < -0.3 is 14.2 Å². The van der Waals surface area contributed by atoms with Gasteiger partial charge in [0.15, 0.2) is 6.10 Å². The lowest BCUT2D eigenvalue weighted by molar-refractivity contribution is -0.167. The Labute approximate surface area is 374 Å². The van der Waals surface area contributed by atoms with Crippen molar-refractivity contribution < 1.29 is 28.6 Å². The summed E-state index contributed by atoms with van der Waals surface area (Å²) in [5.74, 6) is 1.68. The first-order valence-corrected chi connectivity index (χ1v) is 26.7. The number of hydrogen-bond acceptors (Lipinski definition) is 6. The van der Waals surface area contributed by atoms with Gasteiger partial charge in [0, 0.05) is 19.3 Å². The van der Waals surface area contributed by atoms with Gasteiger partial charge >= 0.3 is 17.9 Å². The number of rotatable bonds is 47. The lowest BCUT2D eigenvalue weighted by atomic mass is 9.99. The summed E-state index contributed by atoms with van der Waals surface area (Å²) >= 11 is 0. The molecule has 6 heteroatoms. The van der Waals surface area contributed by atoms with Crippen molar-refractivity contribution in [2.45, 2.75) is 298 Å². The average molecular weight is 849 g/mol. The van der Waals surface area contributed by atoms with E-state index in [-0.39, 0.29) is 31.1 Å². The van der Waals surface area contributed by atoms with Crippen LogP contribution in [0.5, 0.6) is 0 Å². The topological polar surface area (TPSA) is 78.9 Å². The zero-order chi connectivity index (χ0) is 44.2. The van der Waals surface area contributed by atoms with E-state index in [0.717, 1.165) is 75.5 Å². The van der Waals surface area contributed by atoms with Crippen molar-refractivity contribution in [2.75, 3.05) is 13.2 Å². The third-order valence-corrected chi connectivity index (χ3v) is 12.9. The van der Waals surface area contributed by atoms with Gasteiger partial charge in [-0.1, -0.05) is 253 Å². The summed E-state index contributed by atoms with van der Waals surface area (Å²) in [6, 6.07) is 0. The van der Waals surface area contributed by atoms with Crippen molar-refractivity contribution in [3.63, 3.8) is 0 Å². The predicted molar refractivity (Wildman–Crippen MR) is 256 cm³/mol. The molecule has 0 spiro atoms. The number of carbonyl (C=O) groups is 3. The summed E-state index contributed by atoms with van der Waals surface area (Å²) < 4.78 is 16.8. The number of unbranched alkanes of at least 4 members (excludes halogenated alkanes) is 28. The SMILES string of the molecule is CCC(C)CCCCCCCCCCCCC(=O)O[C@H](COC(=O)CCCCCCCCCCCCCCCCCC(C)C)COC(=O)CCCCCCCCC(C)CC. The van der Waals surface area contributed by atoms with Crippen LogP contribution in [0, 0.1) is 17.8 Å². The van der Waals surface area contributed by atoms with Crippen molar-refractivity contribution in [2.24, 2.45) is 17.8 Å². The molecule has 356 valence electrons. The Hall–Kier alpha value is -1.59. The fourth-order valence-corrected chi connectivity index (χ4v) is 8.05. The first-order valence-electron chi connectivity index (χ1n) is 26.7. The zero-order valence-corrected chi connectivity index (χ0v) is 41.3. The van der Waals surface area contributed by atoms with Crippen LogP contribution in [-0.4, -0.2) is 37.2 Å². The number of hydrogen-bond donors (Lipinski definition) is 0. The minimum atomic E-state index is -0.763. The van der Waals surface area contributed by atoms with Crippen LogP contribution in [0.25, 0.3) is 0 Å². The maximum Gasteiger partial charge on any atom is 0.306 e. The lowest BCUT2D eigenvalue weighted by Gasteiger charge is -2.18. The third kappa shape index (κ3) is 44.5. The highest BCUT2D eigenvalue weighted by Gasteiger charge is 2.19. The number of carbonyl (C=O) groups excluding carboxylic acids is 3. The summed E-state index contributed by atoms with van der Waals surface area (Å²) in [4.78, 5) is 38.0. The summed E-state index contributed by atoms with van der Waals surface area (Å²) in [5, 5.41) is 0. The van der Waals surface area contributed by atoms with E-state index in [4.69, 9.17) is 14.2 Å². The average Bonchev–Trinajstić information content (AvgIpc) is 3.23. The Morgan fingerprint density at radius 3 is 0.867 bits per heavy atom. The molecule has 0 saturated heterocycles. The molecule has 0 radical (unpaired) electrons. The molecule has 0 bridgehead atoms. The molecule has 2 unspecified atom stereocenters. The molecule has 0 aromatic rings. The van der Waals surface area contributed by atoms with Crippen LogP contribution in [0.1, 0.15) is 292 Å². The highest BCUT2D eigenvalue weighted by molar-refractivity contribution is 5.71. The van der Waals surface area contributed by atoms with E-state index < -0.39 is 6.10 Å². The predicted octanol–water partition coefficient (Wildman–Crippen LogP) is 17.2. The number of esters is 3. The van der Waals surface area contributed by atoms with Crippen molar-refractivity contribution in [3.8, 4) is 0 Å². The van der Waals surface area contributed by atoms with Crippen LogP contribution in [0.3, 0.4) is 0 Å². The molecule has 0 amide bonds. The zero-order valence-electron chi connectivity index (χ0n) is 41.3. The standard InChI is InChI=1S/C54H104O6/c1-7-49(5)41-35-29-23-19-16-17-21-25-33-39-45-54(57)60-51(47-59-53(56)44-38-32-27-26-30-36-42-50(6)8-2)46-58-52(55)43-37-31-24-20-15-13-11-9-10-12-14-18-22-28-34-40-48(3)4/h48-51H,7-47H2,1-6H3/t49?,50?,51-/m1/s1. The van der Waals surface area contributed by atoms with Crippen LogP contribution >= 0.6 is 0 Å². The van der Waals surface area contributed by atoms with Crippen LogP contribution in [0.2, 0.25) is 0 Å². The largest absolute Gasteiger partial charge is 0.462 e. The van der Waals surface area contributed by atoms with E-state index in [9.17, 15) is 14.4 Å². The molecule has 60 heavy (non-hydrogen) atoms. The van der Waals surface area contributed by atoms with E-state index in [0.29, 0.717) is 19.3 Å². The summed E-state index contributed by atoms with van der Waals surface area (Å²) in [5.41, 5.74) is 0. The Kier molecular flexibility index (Phi) is 44.2. The molecule has 0 aliphatic heterocycles. The van der Waals surface area contributed by atoms with Gasteiger partial charge in [-0.2, -0.15) is 0 Å². The van der Waals surface area contributed by atoms with Crippen molar-refractivity contribution >= 4 is 17.9 Å². The van der Waals surface area contributed by atoms with E-state index >= 15 is 0 Å². The van der Waals surface area contributed by atoms with E-state index in [1.54, 1.807) is 0 Å². The van der Waals surface area contributed by atoms with Crippen molar-refractivity contribution in [3.05, 3.63) is 0 Å². The van der Waals surface area contributed by atoms with Crippen LogP contribution in [0.4, 0.5) is 0 Å². The number of ether oxygens (including phenoxy) is 3. The molecule has 0 N–H and O–H groups in total. The Morgan fingerprint density at radius 2 is 0.583 bits per heavy atom. The maximum atomic E-state index is 12.8. The van der Waals surface area contributed by atoms with E-state index in [1.807, 2.05) is 0 Å². The molecule has 3 atom stereocenters. The van der Waals surface area contributed by atoms with Gasteiger partial charge in [0.1, 0.15) is 13.2 Å². The smallest absolute Gasteiger partial charge is 0.306 e. The highest BCUT2D eigenvalue weighted by Crippen LogP contribution is 2.18. The Morgan fingerprint density at radius 1 is 0.333 bits per heavy atom. The Bertz CT molecular complexity index is 933. The molecule has 0 aliphatic rings. The molecular formula is C54H104O6. The molecule has 0 aromatic heterocycles. The second-order valence-corrected chi connectivity index (χ2v) is 19.5. The summed E-state index contributed by atoms with van der Waals surface area (Å²) in [6.45, 7) is 13.7. The highest BCUT2D eigenvalue weighted by atomic mass is 16.6. The van der Waals surface area contributed by atoms with Crippen molar-refractivity contribution in [1.82, 2.24) is 0 Å². The van der Waals surface area contributed by atoms with Crippen LogP contribution in [0.15, 0.2) is 0 Å². The fourth-order valence-electron chi connectivity index (χ4n) is 8.05. The fraction of sp³-hybridized carbons (Fsp3) is 0.944. The first-order chi connectivity index (χ1) is 29.2. The normalized spacial score (nSPS) is 13.1. The third-order valence-electron chi connectivity index (χ3n) is 12.9. The minimum absolute atomic E-state index is 0.0650. The molecule has 0 heterocycles. The second-order valence-electron chi connectivity index (χ2n) is 19.5. The van der Waals surface area contributed by atoms with Crippen LogP contribution < -0.4 is 0 Å². The molecule has 0 saturated carbocycles. The monoisotopic (exact) mass is 849 g/mol. The molecule has 6 nitrogen and oxygen atoms in total.